The van der Waals surface area contributed by atoms with E-state index < -0.39 is 0 Å². The first-order chi connectivity index (χ1) is 8.56. The van der Waals surface area contributed by atoms with Crippen molar-refractivity contribution < 1.29 is 4.79 Å². The first-order valence-corrected chi connectivity index (χ1v) is 6.71. The number of rotatable bonds is 4. The van der Waals surface area contributed by atoms with E-state index in [0.29, 0.717) is 22.7 Å². The van der Waals surface area contributed by atoms with E-state index >= 15 is 0 Å². The van der Waals surface area contributed by atoms with E-state index in [0.717, 1.165) is 5.69 Å². The van der Waals surface area contributed by atoms with Crippen molar-refractivity contribution in [2.45, 2.75) is 26.0 Å². The molecule has 0 aromatic carbocycles. The van der Waals surface area contributed by atoms with Crippen LogP contribution in [0.2, 0.25) is 0 Å². The van der Waals surface area contributed by atoms with Gasteiger partial charge in [0.05, 0.1) is 5.75 Å². The van der Waals surface area contributed by atoms with E-state index in [2.05, 4.69) is 34.3 Å². The van der Waals surface area contributed by atoms with Gasteiger partial charge in [-0.2, -0.15) is 0 Å². The summed E-state index contributed by atoms with van der Waals surface area (Å²) in [4.78, 5) is 15.9. The molecule has 0 saturated carbocycles. The Hall–Kier alpha value is -1.63. The number of anilines is 1. The molecule has 6 nitrogen and oxygen atoms in total. The van der Waals surface area contributed by atoms with Crippen LogP contribution < -0.4 is 5.32 Å². The minimum atomic E-state index is -0.0800. The quantitative estimate of drug-likeness (QED) is 0.907. The van der Waals surface area contributed by atoms with Crippen molar-refractivity contribution in [1.29, 1.82) is 0 Å². The number of aromatic nitrogens is 4. The van der Waals surface area contributed by atoms with Crippen LogP contribution in [0.25, 0.3) is 5.78 Å². The Morgan fingerprint density at radius 3 is 3.00 bits per heavy atom. The SMILES string of the molecule is Cc1ccn2c(NC(=O)CSC(C)C)nnc2n1. The molecule has 0 radical (unpaired) electrons. The second-order valence-corrected chi connectivity index (χ2v) is 5.74. The van der Waals surface area contributed by atoms with Gasteiger partial charge in [0.2, 0.25) is 11.9 Å². The summed E-state index contributed by atoms with van der Waals surface area (Å²) < 4.78 is 1.66. The number of amides is 1. The summed E-state index contributed by atoms with van der Waals surface area (Å²) in [7, 11) is 0. The standard InChI is InChI=1S/C11H15N5OS/c1-7(2)18-6-9(17)13-11-15-14-10-12-8(3)4-5-16(10)11/h4-5,7H,6H2,1-3H3,(H,13,15,17). The number of hydrogen-bond donors (Lipinski definition) is 1. The van der Waals surface area contributed by atoms with Crippen LogP contribution in [0.15, 0.2) is 12.3 Å². The van der Waals surface area contributed by atoms with Gasteiger partial charge in [0, 0.05) is 11.9 Å². The average Bonchev–Trinajstić information content (AvgIpc) is 2.69. The predicted molar refractivity (Wildman–Crippen MR) is 71.7 cm³/mol. The molecule has 96 valence electrons. The van der Waals surface area contributed by atoms with Gasteiger partial charge in [0.25, 0.3) is 5.78 Å². The summed E-state index contributed by atoms with van der Waals surface area (Å²) in [6.07, 6.45) is 1.79. The summed E-state index contributed by atoms with van der Waals surface area (Å²) in [6.45, 7) is 5.99. The Labute approximate surface area is 109 Å². The Kier molecular flexibility index (Phi) is 3.81. The highest BCUT2D eigenvalue weighted by Gasteiger charge is 2.10. The third-order valence-corrected chi connectivity index (χ3v) is 3.31. The summed E-state index contributed by atoms with van der Waals surface area (Å²) in [5.74, 6) is 1.23. The van der Waals surface area contributed by atoms with Crippen molar-refractivity contribution in [2.24, 2.45) is 0 Å². The normalized spacial score (nSPS) is 11.1. The molecule has 0 bridgehead atoms. The maximum Gasteiger partial charge on any atom is 0.256 e. The monoisotopic (exact) mass is 265 g/mol. The molecule has 18 heavy (non-hydrogen) atoms. The molecule has 2 aromatic heterocycles. The minimum Gasteiger partial charge on any atom is -0.294 e. The fourth-order valence-electron chi connectivity index (χ4n) is 1.36. The van der Waals surface area contributed by atoms with E-state index in [9.17, 15) is 4.79 Å². The summed E-state index contributed by atoms with van der Waals surface area (Å²) in [5.41, 5.74) is 0.864. The lowest BCUT2D eigenvalue weighted by Crippen LogP contribution is -2.17. The zero-order valence-corrected chi connectivity index (χ0v) is 11.4. The number of carbonyl (C=O) groups excluding carboxylic acids is 1. The highest BCUT2D eigenvalue weighted by molar-refractivity contribution is 8.00. The van der Waals surface area contributed by atoms with E-state index in [4.69, 9.17) is 0 Å². The van der Waals surface area contributed by atoms with Crippen LogP contribution in [0.5, 0.6) is 0 Å². The first-order valence-electron chi connectivity index (χ1n) is 5.66. The number of hydrogen-bond acceptors (Lipinski definition) is 5. The van der Waals surface area contributed by atoms with E-state index in [-0.39, 0.29) is 5.91 Å². The molecule has 0 fully saturated rings. The Balaban J connectivity index is 2.10. The van der Waals surface area contributed by atoms with Crippen LogP contribution in [-0.2, 0) is 4.79 Å². The number of thioether (sulfide) groups is 1. The zero-order valence-electron chi connectivity index (χ0n) is 10.5. The second-order valence-electron chi connectivity index (χ2n) is 4.17. The highest BCUT2D eigenvalue weighted by Crippen LogP contribution is 2.11. The van der Waals surface area contributed by atoms with Gasteiger partial charge < -0.3 is 0 Å². The largest absolute Gasteiger partial charge is 0.294 e. The Bertz CT molecular complexity index is 566. The number of aryl methyl sites for hydroxylation is 1. The summed E-state index contributed by atoms with van der Waals surface area (Å²) >= 11 is 1.58. The zero-order chi connectivity index (χ0) is 13.1. The molecule has 2 heterocycles. The van der Waals surface area contributed by atoms with Crippen LogP contribution in [-0.4, -0.2) is 36.5 Å². The molecule has 0 atom stereocenters. The molecule has 0 saturated heterocycles. The molecular formula is C11H15N5OS. The number of nitrogens with zero attached hydrogens (tertiary/aromatic N) is 4. The molecule has 1 N–H and O–H groups in total. The second kappa shape index (κ2) is 5.34. The third-order valence-electron chi connectivity index (χ3n) is 2.22. The van der Waals surface area contributed by atoms with Crippen molar-refractivity contribution >= 4 is 29.4 Å². The fourth-order valence-corrected chi connectivity index (χ4v) is 1.92. The molecule has 0 aliphatic rings. The fraction of sp³-hybridized carbons (Fsp3) is 0.455. The van der Waals surface area contributed by atoms with Gasteiger partial charge >= 0.3 is 0 Å². The van der Waals surface area contributed by atoms with Crippen LogP contribution in [0.4, 0.5) is 5.95 Å². The van der Waals surface area contributed by atoms with Gasteiger partial charge in [-0.05, 0) is 18.2 Å². The number of fused-ring (bicyclic) bond motifs is 1. The molecule has 0 aliphatic carbocycles. The molecule has 2 rings (SSSR count). The molecule has 0 spiro atoms. The van der Waals surface area contributed by atoms with Gasteiger partial charge in [-0.25, -0.2) is 4.98 Å². The van der Waals surface area contributed by atoms with Gasteiger partial charge in [0.15, 0.2) is 0 Å². The number of nitrogens with one attached hydrogen (secondary N) is 1. The van der Waals surface area contributed by atoms with E-state index in [1.165, 1.54) is 0 Å². The Morgan fingerprint density at radius 1 is 1.50 bits per heavy atom. The lowest BCUT2D eigenvalue weighted by Gasteiger charge is -2.05. The average molecular weight is 265 g/mol. The van der Waals surface area contributed by atoms with Crippen molar-refractivity contribution in [2.75, 3.05) is 11.1 Å². The highest BCUT2D eigenvalue weighted by atomic mass is 32.2. The van der Waals surface area contributed by atoms with Gasteiger partial charge in [-0.3, -0.25) is 14.5 Å². The predicted octanol–water partition coefficient (Wildman–Crippen LogP) is 1.51. The summed E-state index contributed by atoms with van der Waals surface area (Å²) in [5, 5.41) is 11.0. The van der Waals surface area contributed by atoms with Crippen LogP contribution in [0.3, 0.4) is 0 Å². The summed E-state index contributed by atoms with van der Waals surface area (Å²) in [6, 6.07) is 1.84. The molecule has 7 heteroatoms. The van der Waals surface area contributed by atoms with Crippen LogP contribution in [0, 0.1) is 6.92 Å². The first kappa shape index (κ1) is 12.8. The topological polar surface area (TPSA) is 72.2 Å². The molecule has 0 aliphatic heterocycles. The molecular weight excluding hydrogens is 250 g/mol. The molecule has 1 amide bonds. The van der Waals surface area contributed by atoms with Crippen LogP contribution in [0.1, 0.15) is 19.5 Å². The smallest absolute Gasteiger partial charge is 0.256 e. The maximum atomic E-state index is 11.7. The van der Waals surface area contributed by atoms with Gasteiger partial charge in [0.1, 0.15) is 0 Å². The maximum absolute atomic E-state index is 11.7. The third kappa shape index (κ3) is 2.98. The van der Waals surface area contributed by atoms with Crippen molar-refractivity contribution in [3.63, 3.8) is 0 Å². The molecule has 0 unspecified atom stereocenters. The lowest BCUT2D eigenvalue weighted by atomic mass is 10.5. The van der Waals surface area contributed by atoms with Gasteiger partial charge in [-0.1, -0.05) is 13.8 Å². The van der Waals surface area contributed by atoms with Crippen molar-refractivity contribution in [1.82, 2.24) is 19.6 Å². The van der Waals surface area contributed by atoms with Crippen LogP contribution >= 0.6 is 11.8 Å². The van der Waals surface area contributed by atoms with E-state index in [1.54, 1.807) is 22.4 Å². The lowest BCUT2D eigenvalue weighted by molar-refractivity contribution is -0.113. The number of carbonyl (C=O) groups is 1. The van der Waals surface area contributed by atoms with Crippen molar-refractivity contribution in [3.05, 3.63) is 18.0 Å². The molecule has 2 aromatic rings. The van der Waals surface area contributed by atoms with Gasteiger partial charge in [-0.15, -0.1) is 22.0 Å². The minimum absolute atomic E-state index is 0.0800. The van der Waals surface area contributed by atoms with Crippen molar-refractivity contribution in [3.8, 4) is 0 Å². The van der Waals surface area contributed by atoms with E-state index in [1.807, 2.05) is 13.0 Å². The Morgan fingerprint density at radius 2 is 2.28 bits per heavy atom.